The van der Waals surface area contributed by atoms with Crippen LogP contribution in [-0.4, -0.2) is 43.1 Å². The fraction of sp³-hybridized carbons (Fsp3) is 0.500. The molecule has 128 valence electrons. The number of guanidine groups is 1. The number of hydrogen-bond donors (Lipinski definition) is 2. The minimum Gasteiger partial charge on any atom is -0.370 e. The Kier molecular flexibility index (Phi) is 9.33. The summed E-state index contributed by atoms with van der Waals surface area (Å²) in [6, 6.07) is 4.53. The summed E-state index contributed by atoms with van der Waals surface area (Å²) < 4.78 is 0. The average Bonchev–Trinajstić information content (AvgIpc) is 3.01. The molecule has 0 saturated heterocycles. The van der Waals surface area contributed by atoms with Gasteiger partial charge in [0.25, 0.3) is 0 Å². The van der Waals surface area contributed by atoms with Crippen molar-refractivity contribution >= 4 is 17.3 Å². The van der Waals surface area contributed by atoms with Crippen LogP contribution in [0.15, 0.2) is 47.8 Å². The van der Waals surface area contributed by atoms with Crippen LogP contribution in [-0.2, 0) is 6.42 Å². The van der Waals surface area contributed by atoms with Gasteiger partial charge in [-0.2, -0.15) is 0 Å². The predicted molar refractivity (Wildman–Crippen MR) is 103 cm³/mol. The number of hydrogen-bond acceptors (Lipinski definition) is 3. The van der Waals surface area contributed by atoms with E-state index in [9.17, 15) is 0 Å². The third-order valence-corrected chi connectivity index (χ3v) is 4.61. The minimum absolute atomic E-state index is 0.323. The molecular formula is C18H30N4S. The van der Waals surface area contributed by atoms with Crippen LogP contribution in [0.1, 0.15) is 18.7 Å². The quantitative estimate of drug-likeness (QED) is 0.372. The first-order chi connectivity index (χ1) is 11.1. The van der Waals surface area contributed by atoms with Crippen molar-refractivity contribution in [1.82, 2.24) is 10.2 Å². The zero-order valence-electron chi connectivity index (χ0n) is 14.4. The average molecular weight is 335 g/mol. The van der Waals surface area contributed by atoms with Gasteiger partial charge in [0.05, 0.1) is 6.54 Å². The second-order valence-corrected chi connectivity index (χ2v) is 6.86. The minimum atomic E-state index is 0.323. The van der Waals surface area contributed by atoms with Gasteiger partial charge in [-0.3, -0.25) is 9.89 Å². The molecule has 5 heteroatoms. The molecule has 0 aliphatic carbocycles. The molecule has 0 fully saturated rings. The van der Waals surface area contributed by atoms with Gasteiger partial charge in [0.1, 0.15) is 0 Å². The molecule has 1 aromatic rings. The van der Waals surface area contributed by atoms with Crippen molar-refractivity contribution in [3.8, 4) is 0 Å². The van der Waals surface area contributed by atoms with Gasteiger partial charge < -0.3 is 11.1 Å². The lowest BCUT2D eigenvalue weighted by atomic mass is 10.0. The van der Waals surface area contributed by atoms with Crippen molar-refractivity contribution < 1.29 is 0 Å². The first kappa shape index (κ1) is 19.5. The lowest BCUT2D eigenvalue weighted by Crippen LogP contribution is -2.42. The highest BCUT2D eigenvalue weighted by Gasteiger charge is 2.19. The molecule has 1 aromatic heterocycles. The third kappa shape index (κ3) is 7.48. The zero-order chi connectivity index (χ0) is 17.1. The molecule has 0 bridgehead atoms. The maximum absolute atomic E-state index is 5.99. The molecule has 0 saturated carbocycles. The van der Waals surface area contributed by atoms with Crippen molar-refractivity contribution in [1.29, 1.82) is 0 Å². The van der Waals surface area contributed by atoms with Gasteiger partial charge in [0.15, 0.2) is 5.96 Å². The van der Waals surface area contributed by atoms with E-state index in [1.165, 1.54) is 4.88 Å². The predicted octanol–water partition coefficient (Wildman–Crippen LogP) is 2.89. The van der Waals surface area contributed by atoms with Gasteiger partial charge in [-0.15, -0.1) is 24.5 Å². The molecule has 1 rings (SSSR count). The molecule has 0 spiro atoms. The van der Waals surface area contributed by atoms with Crippen LogP contribution >= 0.6 is 11.3 Å². The van der Waals surface area contributed by atoms with Gasteiger partial charge in [-0.1, -0.05) is 32.1 Å². The Balaban J connectivity index is 2.50. The summed E-state index contributed by atoms with van der Waals surface area (Å²) in [5.74, 6) is 1.00. The maximum Gasteiger partial charge on any atom is 0.188 e. The standard InChI is InChI=1S/C18H30N4S/c1-5-11-22(12-6-2)17(15(3)4)14-21-18(19)20-10-9-16-8-7-13-23-16/h5-8,13,15,17H,1-2,9-12,14H2,3-4H3,(H3,19,20,21). The Morgan fingerprint density at radius 1 is 1.39 bits per heavy atom. The van der Waals surface area contributed by atoms with E-state index in [2.05, 4.69) is 59.7 Å². The molecule has 1 atom stereocenters. The maximum atomic E-state index is 5.99. The van der Waals surface area contributed by atoms with Crippen molar-refractivity contribution in [2.45, 2.75) is 26.3 Å². The monoisotopic (exact) mass is 334 g/mol. The lowest BCUT2D eigenvalue weighted by molar-refractivity contribution is 0.195. The van der Waals surface area contributed by atoms with Gasteiger partial charge in [-0.25, -0.2) is 0 Å². The topological polar surface area (TPSA) is 53.6 Å². The Morgan fingerprint density at radius 3 is 2.61 bits per heavy atom. The second-order valence-electron chi connectivity index (χ2n) is 5.82. The van der Waals surface area contributed by atoms with E-state index in [1.54, 1.807) is 11.3 Å². The third-order valence-electron chi connectivity index (χ3n) is 3.67. The van der Waals surface area contributed by atoms with Crippen LogP contribution in [0.2, 0.25) is 0 Å². The number of nitrogens with two attached hydrogens (primary N) is 1. The molecule has 0 radical (unpaired) electrons. The van der Waals surface area contributed by atoms with Crippen molar-refractivity contribution in [2.24, 2.45) is 16.6 Å². The molecular weight excluding hydrogens is 304 g/mol. The molecule has 1 unspecified atom stereocenters. The van der Waals surface area contributed by atoms with Crippen LogP contribution in [0.5, 0.6) is 0 Å². The largest absolute Gasteiger partial charge is 0.370 e. The van der Waals surface area contributed by atoms with E-state index in [0.717, 1.165) is 26.1 Å². The van der Waals surface area contributed by atoms with Gasteiger partial charge in [0, 0.05) is 30.6 Å². The number of nitrogens with one attached hydrogen (secondary N) is 1. The molecule has 0 aromatic carbocycles. The fourth-order valence-corrected chi connectivity index (χ4v) is 3.15. The summed E-state index contributed by atoms with van der Waals surface area (Å²) in [7, 11) is 0. The molecule has 0 aliphatic heterocycles. The number of thiophene rings is 1. The van der Waals surface area contributed by atoms with E-state index in [-0.39, 0.29) is 0 Å². The van der Waals surface area contributed by atoms with Crippen molar-refractivity contribution in [3.63, 3.8) is 0 Å². The van der Waals surface area contributed by atoms with E-state index in [0.29, 0.717) is 24.5 Å². The molecule has 3 N–H and O–H groups in total. The fourth-order valence-electron chi connectivity index (χ4n) is 2.44. The summed E-state index contributed by atoms with van der Waals surface area (Å²) in [5, 5.41) is 5.28. The Hall–Kier alpha value is -1.59. The highest BCUT2D eigenvalue weighted by molar-refractivity contribution is 7.09. The Labute approximate surface area is 144 Å². The zero-order valence-corrected chi connectivity index (χ0v) is 15.2. The van der Waals surface area contributed by atoms with Crippen LogP contribution in [0.4, 0.5) is 0 Å². The highest BCUT2D eigenvalue weighted by Crippen LogP contribution is 2.12. The molecule has 4 nitrogen and oxygen atoms in total. The number of rotatable bonds is 11. The first-order valence-corrected chi connectivity index (χ1v) is 8.98. The number of aliphatic imine (C=N–C) groups is 1. The first-order valence-electron chi connectivity index (χ1n) is 8.10. The summed E-state index contributed by atoms with van der Waals surface area (Å²) in [6.07, 6.45) is 4.82. The van der Waals surface area contributed by atoms with Gasteiger partial charge in [-0.05, 0) is 23.8 Å². The summed E-state index contributed by atoms with van der Waals surface area (Å²) in [5.41, 5.74) is 5.99. The van der Waals surface area contributed by atoms with Crippen LogP contribution < -0.4 is 11.1 Å². The van der Waals surface area contributed by atoms with E-state index in [1.807, 2.05) is 12.2 Å². The summed E-state index contributed by atoms with van der Waals surface area (Å²) in [4.78, 5) is 8.21. The van der Waals surface area contributed by atoms with Crippen LogP contribution in [0, 0.1) is 5.92 Å². The van der Waals surface area contributed by atoms with Crippen LogP contribution in [0.25, 0.3) is 0 Å². The molecule has 1 heterocycles. The van der Waals surface area contributed by atoms with Gasteiger partial charge >= 0.3 is 0 Å². The second kappa shape index (κ2) is 11.0. The van der Waals surface area contributed by atoms with Gasteiger partial charge in [0.2, 0.25) is 0 Å². The molecule has 0 amide bonds. The Morgan fingerprint density at radius 2 is 2.09 bits per heavy atom. The van der Waals surface area contributed by atoms with Crippen molar-refractivity contribution in [2.75, 3.05) is 26.2 Å². The van der Waals surface area contributed by atoms with Crippen LogP contribution in [0.3, 0.4) is 0 Å². The highest BCUT2D eigenvalue weighted by atomic mass is 32.1. The number of nitrogens with zero attached hydrogens (tertiary/aromatic N) is 2. The molecule has 23 heavy (non-hydrogen) atoms. The SMILES string of the molecule is C=CCN(CC=C)C(CN=C(N)NCCc1cccs1)C(C)C. The lowest BCUT2D eigenvalue weighted by Gasteiger charge is -2.31. The Bertz CT molecular complexity index is 469. The summed E-state index contributed by atoms with van der Waals surface area (Å²) in [6.45, 7) is 15.2. The smallest absolute Gasteiger partial charge is 0.188 e. The van der Waals surface area contributed by atoms with E-state index >= 15 is 0 Å². The normalized spacial score (nSPS) is 13.3. The van der Waals surface area contributed by atoms with E-state index < -0.39 is 0 Å². The summed E-state index contributed by atoms with van der Waals surface area (Å²) >= 11 is 1.77. The van der Waals surface area contributed by atoms with E-state index in [4.69, 9.17) is 5.73 Å². The van der Waals surface area contributed by atoms with Crippen molar-refractivity contribution in [3.05, 3.63) is 47.7 Å². The molecule has 0 aliphatic rings.